The number of nitrogens with one attached hydrogen (secondary N) is 1. The maximum atomic E-state index is 13.3. The van der Waals surface area contributed by atoms with Gasteiger partial charge in [-0.15, -0.1) is 23.7 Å². The van der Waals surface area contributed by atoms with E-state index in [1.165, 1.54) is 40.0 Å². The largest absolute Gasteiger partial charge is 0.298 e. The lowest BCUT2D eigenvalue weighted by atomic mass is 10.1. The molecule has 0 fully saturated rings. The third-order valence-electron chi connectivity index (χ3n) is 4.37. The fourth-order valence-electron chi connectivity index (χ4n) is 3.08. The molecule has 0 saturated carbocycles. The number of fused-ring (bicyclic) bond motifs is 1. The number of benzene rings is 2. The number of nitrogens with zero attached hydrogens (tertiary/aromatic N) is 2. The Labute approximate surface area is 167 Å². The molecule has 1 aliphatic heterocycles. The second kappa shape index (κ2) is 8.61. The van der Waals surface area contributed by atoms with Crippen LogP contribution < -0.4 is 5.32 Å². The molecule has 1 amide bonds. The number of carbonyl (C=O) groups excluding carboxylic acids is 1. The minimum Gasteiger partial charge on any atom is -0.298 e. The Bertz CT molecular complexity index is 932. The molecule has 0 radical (unpaired) electrons. The van der Waals surface area contributed by atoms with Crippen molar-refractivity contribution >= 4 is 34.8 Å². The Morgan fingerprint density at radius 2 is 2.00 bits per heavy atom. The Morgan fingerprint density at radius 1 is 1.19 bits per heavy atom. The number of hydrogen-bond donors (Lipinski definition) is 1. The van der Waals surface area contributed by atoms with Crippen molar-refractivity contribution in [2.75, 3.05) is 11.9 Å². The van der Waals surface area contributed by atoms with E-state index < -0.39 is 5.82 Å². The highest BCUT2D eigenvalue weighted by Gasteiger charge is 2.21. The van der Waals surface area contributed by atoms with E-state index in [9.17, 15) is 9.18 Å². The molecule has 1 aliphatic rings. The number of carbonyl (C=O) groups is 1. The number of anilines is 1. The molecule has 0 bridgehead atoms. The van der Waals surface area contributed by atoms with Gasteiger partial charge in [0.2, 0.25) is 0 Å². The number of rotatable bonds is 4. The van der Waals surface area contributed by atoms with Gasteiger partial charge in [-0.25, -0.2) is 9.37 Å². The Hall–Kier alpha value is -2.28. The highest BCUT2D eigenvalue weighted by Crippen LogP contribution is 2.29. The van der Waals surface area contributed by atoms with Crippen molar-refractivity contribution in [2.24, 2.45) is 0 Å². The molecular formula is C20H19ClFN3OS. The van der Waals surface area contributed by atoms with Gasteiger partial charge < -0.3 is 0 Å². The van der Waals surface area contributed by atoms with Gasteiger partial charge in [0, 0.05) is 36.5 Å². The molecule has 4 rings (SSSR count). The van der Waals surface area contributed by atoms with Gasteiger partial charge in [-0.1, -0.05) is 36.4 Å². The molecule has 1 aromatic heterocycles. The summed E-state index contributed by atoms with van der Waals surface area (Å²) in [6, 6.07) is 16.1. The zero-order valence-electron chi connectivity index (χ0n) is 14.5. The molecule has 140 valence electrons. The summed E-state index contributed by atoms with van der Waals surface area (Å²) in [5.74, 6) is -0.760. The molecule has 0 unspecified atom stereocenters. The van der Waals surface area contributed by atoms with Crippen molar-refractivity contribution < 1.29 is 9.18 Å². The molecule has 27 heavy (non-hydrogen) atoms. The maximum Gasteiger partial charge on any atom is 0.257 e. The van der Waals surface area contributed by atoms with Crippen LogP contribution in [0.3, 0.4) is 0 Å². The summed E-state index contributed by atoms with van der Waals surface area (Å²) >= 11 is 1.50. The molecule has 7 heteroatoms. The summed E-state index contributed by atoms with van der Waals surface area (Å²) in [6.45, 7) is 2.68. The maximum absolute atomic E-state index is 13.3. The topological polar surface area (TPSA) is 45.2 Å². The molecular weight excluding hydrogens is 385 g/mol. The SMILES string of the molecule is Cl.O=C(Nc1nc2c(s1)CN(Cc1ccccc1)CC2)c1cccc(F)c1. The van der Waals surface area contributed by atoms with Crippen LogP contribution in [0.25, 0.3) is 0 Å². The zero-order valence-corrected chi connectivity index (χ0v) is 16.2. The summed E-state index contributed by atoms with van der Waals surface area (Å²) in [5.41, 5.74) is 2.64. The van der Waals surface area contributed by atoms with Gasteiger partial charge in [0.15, 0.2) is 5.13 Å². The second-order valence-electron chi connectivity index (χ2n) is 6.30. The van der Waals surface area contributed by atoms with E-state index >= 15 is 0 Å². The summed E-state index contributed by atoms with van der Waals surface area (Å²) < 4.78 is 13.3. The van der Waals surface area contributed by atoms with Crippen molar-refractivity contribution in [3.63, 3.8) is 0 Å². The molecule has 0 atom stereocenters. The normalized spacial score (nSPS) is 13.5. The Balaban J connectivity index is 0.00000210. The lowest BCUT2D eigenvalue weighted by Crippen LogP contribution is -2.29. The first-order valence-electron chi connectivity index (χ1n) is 8.49. The third kappa shape index (κ3) is 4.71. The smallest absolute Gasteiger partial charge is 0.257 e. The van der Waals surface area contributed by atoms with Gasteiger partial charge in [0.1, 0.15) is 5.82 Å². The van der Waals surface area contributed by atoms with Crippen LogP contribution in [0.4, 0.5) is 9.52 Å². The highest BCUT2D eigenvalue weighted by atomic mass is 35.5. The van der Waals surface area contributed by atoms with Gasteiger partial charge >= 0.3 is 0 Å². The van der Waals surface area contributed by atoms with Crippen molar-refractivity contribution in [3.8, 4) is 0 Å². The van der Waals surface area contributed by atoms with Crippen LogP contribution in [0.5, 0.6) is 0 Å². The number of aromatic nitrogens is 1. The number of halogens is 2. The summed E-state index contributed by atoms with van der Waals surface area (Å²) in [6.07, 6.45) is 0.870. The quantitative estimate of drug-likeness (QED) is 0.696. The number of thiazole rings is 1. The predicted octanol–water partition coefficient (Wildman–Crippen LogP) is 4.51. The van der Waals surface area contributed by atoms with Crippen LogP contribution >= 0.6 is 23.7 Å². The monoisotopic (exact) mass is 403 g/mol. The van der Waals surface area contributed by atoms with Gasteiger partial charge in [0.25, 0.3) is 5.91 Å². The van der Waals surface area contributed by atoms with E-state index in [0.29, 0.717) is 10.7 Å². The molecule has 2 aromatic carbocycles. The first kappa shape index (κ1) is 19.5. The van der Waals surface area contributed by atoms with E-state index in [0.717, 1.165) is 31.7 Å². The van der Waals surface area contributed by atoms with Crippen molar-refractivity contribution in [2.45, 2.75) is 19.5 Å². The minimum absolute atomic E-state index is 0. The van der Waals surface area contributed by atoms with Crippen molar-refractivity contribution in [1.82, 2.24) is 9.88 Å². The fourth-order valence-corrected chi connectivity index (χ4v) is 4.12. The van der Waals surface area contributed by atoms with Crippen LogP contribution in [-0.2, 0) is 19.5 Å². The average molecular weight is 404 g/mol. The molecule has 1 N–H and O–H groups in total. The Kier molecular flexibility index (Phi) is 6.21. The number of amides is 1. The first-order valence-corrected chi connectivity index (χ1v) is 9.31. The first-order chi connectivity index (χ1) is 12.7. The van der Waals surface area contributed by atoms with Crippen LogP contribution in [0.1, 0.15) is 26.5 Å². The van der Waals surface area contributed by atoms with E-state index in [1.807, 2.05) is 6.07 Å². The minimum atomic E-state index is -0.423. The Morgan fingerprint density at radius 3 is 2.78 bits per heavy atom. The molecule has 0 spiro atoms. The van der Waals surface area contributed by atoms with Crippen LogP contribution in [-0.4, -0.2) is 22.3 Å². The number of hydrogen-bond acceptors (Lipinski definition) is 4. The van der Waals surface area contributed by atoms with Crippen molar-refractivity contribution in [3.05, 3.63) is 82.1 Å². The lowest BCUT2D eigenvalue weighted by Gasteiger charge is -2.25. The molecule has 0 saturated heterocycles. The van der Waals surface area contributed by atoms with Crippen molar-refractivity contribution in [1.29, 1.82) is 0 Å². The highest BCUT2D eigenvalue weighted by molar-refractivity contribution is 7.15. The molecule has 0 aliphatic carbocycles. The molecule has 4 nitrogen and oxygen atoms in total. The fraction of sp³-hybridized carbons (Fsp3) is 0.200. The van der Waals surface area contributed by atoms with Gasteiger partial charge in [0.05, 0.1) is 5.69 Å². The summed E-state index contributed by atoms with van der Waals surface area (Å²) in [4.78, 5) is 20.4. The standard InChI is InChI=1S/C20H18FN3OS.ClH/c21-16-8-4-7-15(11-16)19(25)23-20-22-17-9-10-24(13-18(17)26-20)12-14-5-2-1-3-6-14;/h1-8,11H,9-10,12-13H2,(H,22,23,25);1H. The average Bonchev–Trinajstić information content (AvgIpc) is 3.04. The van der Waals surface area contributed by atoms with Crippen LogP contribution in [0.2, 0.25) is 0 Å². The van der Waals surface area contributed by atoms with Gasteiger partial charge in [-0.2, -0.15) is 0 Å². The lowest BCUT2D eigenvalue weighted by molar-refractivity contribution is 0.102. The van der Waals surface area contributed by atoms with Crippen LogP contribution in [0.15, 0.2) is 54.6 Å². The van der Waals surface area contributed by atoms with E-state index in [2.05, 4.69) is 39.5 Å². The summed E-state index contributed by atoms with van der Waals surface area (Å²) in [5, 5.41) is 3.37. The van der Waals surface area contributed by atoms with Crippen LogP contribution in [0, 0.1) is 5.82 Å². The van der Waals surface area contributed by atoms with Gasteiger partial charge in [-0.05, 0) is 23.8 Å². The second-order valence-corrected chi connectivity index (χ2v) is 7.38. The molecule has 3 aromatic rings. The van der Waals surface area contributed by atoms with Gasteiger partial charge in [-0.3, -0.25) is 15.0 Å². The predicted molar refractivity (Wildman–Crippen MR) is 108 cm³/mol. The van der Waals surface area contributed by atoms with E-state index in [-0.39, 0.29) is 18.3 Å². The summed E-state index contributed by atoms with van der Waals surface area (Å²) in [7, 11) is 0. The van der Waals surface area contributed by atoms with E-state index in [1.54, 1.807) is 6.07 Å². The zero-order chi connectivity index (χ0) is 17.9. The molecule has 2 heterocycles. The third-order valence-corrected chi connectivity index (χ3v) is 5.36. The van der Waals surface area contributed by atoms with E-state index in [4.69, 9.17) is 0 Å².